The molecule has 0 radical (unpaired) electrons. The van der Waals surface area contributed by atoms with Crippen LogP contribution in [0.2, 0.25) is 0 Å². The van der Waals surface area contributed by atoms with Crippen molar-refractivity contribution in [3.63, 3.8) is 0 Å². The van der Waals surface area contributed by atoms with E-state index >= 15 is 0 Å². The van der Waals surface area contributed by atoms with Gasteiger partial charge in [-0.05, 0) is 18.2 Å². The molecule has 0 aliphatic rings. The number of ketones is 1. The van der Waals surface area contributed by atoms with E-state index in [2.05, 4.69) is 0 Å². The molecule has 3 rings (SSSR count). The molecule has 0 unspecified atom stereocenters. The normalized spacial score (nSPS) is 10.9. The van der Waals surface area contributed by atoms with Gasteiger partial charge in [0.15, 0.2) is 17.4 Å². The third kappa shape index (κ3) is 1.81. The number of aromatic nitrogens is 1. The third-order valence-electron chi connectivity index (χ3n) is 3.34. The molecule has 2 nitrogen and oxygen atoms in total. The van der Waals surface area contributed by atoms with Gasteiger partial charge in [-0.3, -0.25) is 4.79 Å². The van der Waals surface area contributed by atoms with Gasteiger partial charge in [0.25, 0.3) is 0 Å². The third-order valence-corrected chi connectivity index (χ3v) is 3.34. The van der Waals surface area contributed by atoms with Crippen LogP contribution in [0.15, 0.2) is 48.7 Å². The number of para-hydroxylation sites is 1. The number of fused-ring (bicyclic) bond motifs is 1. The van der Waals surface area contributed by atoms with E-state index in [1.165, 1.54) is 12.1 Å². The van der Waals surface area contributed by atoms with E-state index in [1.54, 1.807) is 29.9 Å². The summed E-state index contributed by atoms with van der Waals surface area (Å²) in [6, 6.07) is 10.9. The predicted molar refractivity (Wildman–Crippen MR) is 72.7 cm³/mol. The Morgan fingerprint density at radius 2 is 1.75 bits per heavy atom. The molecular weight excluding hydrogens is 260 g/mol. The Kier molecular flexibility index (Phi) is 2.86. The Balaban J connectivity index is 2.21. The van der Waals surface area contributed by atoms with E-state index in [-0.39, 0.29) is 5.56 Å². The minimum Gasteiger partial charge on any atom is -0.350 e. The Morgan fingerprint density at radius 3 is 2.55 bits per heavy atom. The standard InChI is InChI=1S/C16H11F2NO/c1-19-9-12(10-5-2-3-8-14(10)19)16(20)11-6-4-7-13(17)15(11)18/h2-9H,1H3. The van der Waals surface area contributed by atoms with Gasteiger partial charge in [-0.2, -0.15) is 0 Å². The number of carbonyl (C=O) groups is 1. The molecule has 1 aromatic heterocycles. The van der Waals surface area contributed by atoms with E-state index in [0.717, 1.165) is 17.0 Å². The minimum absolute atomic E-state index is 0.249. The first-order valence-electron chi connectivity index (χ1n) is 6.12. The van der Waals surface area contributed by atoms with Crippen molar-refractivity contribution < 1.29 is 13.6 Å². The quantitative estimate of drug-likeness (QED) is 0.651. The molecule has 100 valence electrons. The number of halogens is 2. The zero-order valence-corrected chi connectivity index (χ0v) is 10.7. The summed E-state index contributed by atoms with van der Waals surface area (Å²) in [5.74, 6) is -2.64. The fraction of sp³-hybridized carbons (Fsp3) is 0.0625. The summed E-state index contributed by atoms with van der Waals surface area (Å²) < 4.78 is 28.8. The fourth-order valence-corrected chi connectivity index (χ4v) is 2.35. The summed E-state index contributed by atoms with van der Waals surface area (Å²) in [6.45, 7) is 0. The smallest absolute Gasteiger partial charge is 0.198 e. The Hall–Kier alpha value is -2.49. The zero-order chi connectivity index (χ0) is 14.3. The van der Waals surface area contributed by atoms with Crippen molar-refractivity contribution in [2.24, 2.45) is 7.05 Å². The van der Waals surface area contributed by atoms with Crippen molar-refractivity contribution >= 4 is 16.7 Å². The maximum atomic E-state index is 13.7. The maximum Gasteiger partial charge on any atom is 0.198 e. The highest BCUT2D eigenvalue weighted by Crippen LogP contribution is 2.24. The molecule has 1 heterocycles. The van der Waals surface area contributed by atoms with Gasteiger partial charge in [0, 0.05) is 29.7 Å². The second kappa shape index (κ2) is 4.56. The summed E-state index contributed by atoms with van der Waals surface area (Å²) in [6.07, 6.45) is 1.64. The lowest BCUT2D eigenvalue weighted by Crippen LogP contribution is -2.05. The summed E-state index contributed by atoms with van der Waals surface area (Å²) in [5, 5.41) is 0.726. The van der Waals surface area contributed by atoms with Gasteiger partial charge >= 0.3 is 0 Å². The lowest BCUT2D eigenvalue weighted by atomic mass is 10.0. The lowest BCUT2D eigenvalue weighted by molar-refractivity contribution is 0.103. The van der Waals surface area contributed by atoms with Crippen LogP contribution in [0, 0.1) is 11.6 Å². The van der Waals surface area contributed by atoms with Crippen molar-refractivity contribution in [1.82, 2.24) is 4.57 Å². The zero-order valence-electron chi connectivity index (χ0n) is 10.7. The van der Waals surface area contributed by atoms with Crippen LogP contribution in [0.5, 0.6) is 0 Å². The van der Waals surface area contributed by atoms with Gasteiger partial charge in [-0.25, -0.2) is 8.78 Å². The number of hydrogen-bond acceptors (Lipinski definition) is 1. The lowest BCUT2D eigenvalue weighted by Gasteiger charge is -2.02. The summed E-state index contributed by atoms with van der Waals surface area (Å²) >= 11 is 0. The van der Waals surface area contributed by atoms with Crippen LogP contribution < -0.4 is 0 Å². The maximum absolute atomic E-state index is 13.7. The average Bonchev–Trinajstić information content (AvgIpc) is 2.79. The second-order valence-corrected chi connectivity index (χ2v) is 4.60. The molecule has 2 aromatic carbocycles. The molecule has 0 aliphatic heterocycles. The number of rotatable bonds is 2. The minimum atomic E-state index is -1.11. The Bertz CT molecular complexity index is 820. The molecule has 0 spiro atoms. The fourth-order valence-electron chi connectivity index (χ4n) is 2.35. The summed E-state index contributed by atoms with van der Waals surface area (Å²) in [4.78, 5) is 12.4. The van der Waals surface area contributed by atoms with E-state index in [4.69, 9.17) is 0 Å². The van der Waals surface area contributed by atoms with Crippen molar-refractivity contribution in [3.8, 4) is 0 Å². The van der Waals surface area contributed by atoms with Crippen molar-refractivity contribution in [1.29, 1.82) is 0 Å². The molecule has 0 amide bonds. The molecule has 0 bridgehead atoms. The average molecular weight is 271 g/mol. The molecule has 0 N–H and O–H groups in total. The number of benzene rings is 2. The Morgan fingerprint density at radius 1 is 1.00 bits per heavy atom. The van der Waals surface area contributed by atoms with Crippen molar-refractivity contribution in [3.05, 3.63) is 71.4 Å². The molecule has 0 fully saturated rings. The van der Waals surface area contributed by atoms with Crippen molar-refractivity contribution in [2.45, 2.75) is 0 Å². The van der Waals surface area contributed by atoms with E-state index in [0.29, 0.717) is 5.56 Å². The highest BCUT2D eigenvalue weighted by atomic mass is 19.2. The van der Waals surface area contributed by atoms with Crippen LogP contribution >= 0.6 is 0 Å². The van der Waals surface area contributed by atoms with Gasteiger partial charge in [0.2, 0.25) is 0 Å². The first kappa shape index (κ1) is 12.5. The van der Waals surface area contributed by atoms with Gasteiger partial charge in [0.1, 0.15) is 0 Å². The second-order valence-electron chi connectivity index (χ2n) is 4.60. The van der Waals surface area contributed by atoms with Crippen LogP contribution in [-0.4, -0.2) is 10.4 Å². The van der Waals surface area contributed by atoms with Gasteiger partial charge in [-0.15, -0.1) is 0 Å². The van der Waals surface area contributed by atoms with Crippen molar-refractivity contribution in [2.75, 3.05) is 0 Å². The number of nitrogens with zero attached hydrogens (tertiary/aromatic N) is 1. The summed E-state index contributed by atoms with van der Waals surface area (Å²) in [5.41, 5.74) is 0.988. The topological polar surface area (TPSA) is 22.0 Å². The number of aryl methyl sites for hydroxylation is 1. The first-order valence-corrected chi connectivity index (χ1v) is 6.12. The highest BCUT2D eigenvalue weighted by molar-refractivity contribution is 6.16. The van der Waals surface area contributed by atoms with E-state index < -0.39 is 17.4 Å². The molecule has 0 saturated carbocycles. The van der Waals surface area contributed by atoms with Crippen LogP contribution in [0.4, 0.5) is 8.78 Å². The molecule has 4 heteroatoms. The Labute approximate surface area is 114 Å². The molecule has 20 heavy (non-hydrogen) atoms. The van der Waals surface area contributed by atoms with Crippen LogP contribution in [0.25, 0.3) is 10.9 Å². The van der Waals surface area contributed by atoms with E-state index in [1.807, 2.05) is 12.1 Å². The van der Waals surface area contributed by atoms with Crippen LogP contribution in [0.3, 0.4) is 0 Å². The SMILES string of the molecule is Cn1cc(C(=O)c2cccc(F)c2F)c2ccccc21. The van der Waals surface area contributed by atoms with Crippen LogP contribution in [0.1, 0.15) is 15.9 Å². The molecule has 0 atom stereocenters. The van der Waals surface area contributed by atoms with E-state index in [9.17, 15) is 13.6 Å². The molecule has 0 saturated heterocycles. The summed E-state index contributed by atoms with van der Waals surface area (Å²) in [7, 11) is 1.81. The number of carbonyl (C=O) groups excluding carboxylic acids is 1. The first-order chi connectivity index (χ1) is 9.59. The van der Waals surface area contributed by atoms with Gasteiger partial charge in [-0.1, -0.05) is 24.3 Å². The molecule has 0 aliphatic carbocycles. The molecular formula is C16H11F2NO. The molecule has 3 aromatic rings. The highest BCUT2D eigenvalue weighted by Gasteiger charge is 2.20. The van der Waals surface area contributed by atoms with Gasteiger partial charge < -0.3 is 4.57 Å². The van der Waals surface area contributed by atoms with Gasteiger partial charge in [0.05, 0.1) is 5.56 Å². The predicted octanol–water partition coefficient (Wildman–Crippen LogP) is 3.69. The van der Waals surface area contributed by atoms with Crippen LogP contribution in [-0.2, 0) is 7.05 Å². The monoisotopic (exact) mass is 271 g/mol. The number of hydrogen-bond donors (Lipinski definition) is 0. The largest absolute Gasteiger partial charge is 0.350 e.